The number of urea groups is 1. The Balaban J connectivity index is 1.71. The summed E-state index contributed by atoms with van der Waals surface area (Å²) in [4.78, 5) is 14.0. The zero-order chi connectivity index (χ0) is 14.1. The van der Waals surface area contributed by atoms with Gasteiger partial charge in [-0.05, 0) is 41.5 Å². The van der Waals surface area contributed by atoms with Gasteiger partial charge >= 0.3 is 6.03 Å². The lowest BCUT2D eigenvalue weighted by Crippen LogP contribution is -2.30. The Kier molecular flexibility index (Phi) is 3.68. The molecule has 1 heterocycles. The first-order valence-corrected chi connectivity index (χ1v) is 7.38. The summed E-state index contributed by atoms with van der Waals surface area (Å²) in [5, 5.41) is 3.47. The van der Waals surface area contributed by atoms with Gasteiger partial charge in [0, 0.05) is 28.3 Å². The lowest BCUT2D eigenvalue weighted by molar-refractivity contribution is 0.212. The van der Waals surface area contributed by atoms with Gasteiger partial charge in [-0.25, -0.2) is 4.79 Å². The van der Waals surface area contributed by atoms with Gasteiger partial charge in [0.25, 0.3) is 0 Å². The first kappa shape index (κ1) is 13.5. The number of fused-ring (bicyclic) bond motifs is 1. The van der Waals surface area contributed by atoms with Crippen molar-refractivity contribution in [1.82, 2.24) is 4.90 Å². The predicted octanol–water partition coefficient (Wildman–Crippen LogP) is 4.65. The van der Waals surface area contributed by atoms with Crippen LogP contribution < -0.4 is 5.32 Å². The summed E-state index contributed by atoms with van der Waals surface area (Å²) in [6, 6.07) is 13.1. The second-order valence-electron chi connectivity index (χ2n) is 4.71. The van der Waals surface area contributed by atoms with Crippen LogP contribution in [0.5, 0.6) is 0 Å². The molecule has 2 aromatic rings. The predicted molar refractivity (Wildman–Crippen MR) is 83.9 cm³/mol. The Labute approximate surface area is 130 Å². The van der Waals surface area contributed by atoms with Crippen molar-refractivity contribution < 1.29 is 4.79 Å². The Hall–Kier alpha value is -1.52. The van der Waals surface area contributed by atoms with Crippen LogP contribution in [0.1, 0.15) is 11.1 Å². The Morgan fingerprint density at radius 3 is 2.75 bits per heavy atom. The summed E-state index contributed by atoms with van der Waals surface area (Å²) in [5.74, 6) is 0. The number of amides is 2. The normalized spacial score (nSPS) is 13.2. The highest BCUT2D eigenvalue weighted by Crippen LogP contribution is 2.26. The van der Waals surface area contributed by atoms with E-state index in [-0.39, 0.29) is 6.03 Å². The number of carbonyl (C=O) groups excluding carboxylic acids is 1. The number of halogens is 2. The molecule has 5 heteroatoms. The lowest BCUT2D eigenvalue weighted by Gasteiger charge is -2.16. The molecule has 20 heavy (non-hydrogen) atoms. The van der Waals surface area contributed by atoms with Crippen molar-refractivity contribution in [1.29, 1.82) is 0 Å². The van der Waals surface area contributed by atoms with E-state index in [2.05, 4.69) is 27.3 Å². The molecular formula is C15H12BrClN2O. The summed E-state index contributed by atoms with van der Waals surface area (Å²) in [7, 11) is 0. The molecule has 2 amide bonds. The van der Waals surface area contributed by atoms with Crippen LogP contribution in [0.25, 0.3) is 0 Å². The van der Waals surface area contributed by atoms with Gasteiger partial charge in [-0.2, -0.15) is 0 Å². The van der Waals surface area contributed by atoms with Crippen molar-refractivity contribution in [3.63, 3.8) is 0 Å². The van der Waals surface area contributed by atoms with Crippen LogP contribution in [-0.2, 0) is 13.1 Å². The minimum atomic E-state index is -0.111. The van der Waals surface area contributed by atoms with E-state index in [9.17, 15) is 4.79 Å². The van der Waals surface area contributed by atoms with Crippen LogP contribution in [0.4, 0.5) is 10.5 Å². The molecule has 0 bridgehead atoms. The highest BCUT2D eigenvalue weighted by atomic mass is 79.9. The molecule has 102 valence electrons. The van der Waals surface area contributed by atoms with E-state index < -0.39 is 0 Å². The zero-order valence-corrected chi connectivity index (χ0v) is 12.9. The maximum absolute atomic E-state index is 12.2. The van der Waals surface area contributed by atoms with Crippen molar-refractivity contribution in [2.24, 2.45) is 0 Å². The van der Waals surface area contributed by atoms with Gasteiger partial charge in [-0.1, -0.05) is 39.7 Å². The molecule has 0 unspecified atom stereocenters. The van der Waals surface area contributed by atoms with Gasteiger partial charge in [0.1, 0.15) is 0 Å². The van der Waals surface area contributed by atoms with Crippen molar-refractivity contribution >= 4 is 39.2 Å². The topological polar surface area (TPSA) is 32.3 Å². The van der Waals surface area contributed by atoms with E-state index >= 15 is 0 Å². The monoisotopic (exact) mass is 350 g/mol. The Morgan fingerprint density at radius 2 is 1.95 bits per heavy atom. The lowest BCUT2D eigenvalue weighted by atomic mass is 10.1. The molecule has 0 spiro atoms. The van der Waals surface area contributed by atoms with Crippen molar-refractivity contribution in [2.45, 2.75) is 13.1 Å². The number of hydrogen-bond donors (Lipinski definition) is 1. The second-order valence-corrected chi connectivity index (χ2v) is 6.06. The summed E-state index contributed by atoms with van der Waals surface area (Å²) >= 11 is 9.36. The zero-order valence-electron chi connectivity index (χ0n) is 10.6. The highest BCUT2D eigenvalue weighted by Gasteiger charge is 2.23. The minimum Gasteiger partial charge on any atom is -0.316 e. The van der Waals surface area contributed by atoms with Crippen LogP contribution in [0.3, 0.4) is 0 Å². The maximum Gasteiger partial charge on any atom is 0.322 e. The number of nitrogens with zero attached hydrogens (tertiary/aromatic N) is 1. The standard InChI is InChI=1S/C15H12BrClN2O/c16-12-5-4-10-8-19(9-11(10)6-12)15(20)18-14-3-1-2-13(17)7-14/h1-7H,8-9H2,(H,18,20). The fourth-order valence-electron chi connectivity index (χ4n) is 2.28. The number of nitrogens with one attached hydrogen (secondary N) is 1. The molecule has 1 N–H and O–H groups in total. The van der Waals surface area contributed by atoms with Gasteiger partial charge in [0.05, 0.1) is 0 Å². The molecule has 0 aromatic heterocycles. The molecule has 3 nitrogen and oxygen atoms in total. The average Bonchev–Trinajstić information content (AvgIpc) is 2.81. The first-order chi connectivity index (χ1) is 9.61. The van der Waals surface area contributed by atoms with E-state index in [0.29, 0.717) is 23.8 Å². The smallest absolute Gasteiger partial charge is 0.316 e. The molecule has 2 aromatic carbocycles. The van der Waals surface area contributed by atoms with Gasteiger partial charge in [-0.3, -0.25) is 0 Å². The van der Waals surface area contributed by atoms with E-state index in [1.165, 1.54) is 11.1 Å². The number of anilines is 1. The van der Waals surface area contributed by atoms with E-state index in [0.717, 1.165) is 4.47 Å². The molecule has 0 saturated heterocycles. The van der Waals surface area contributed by atoms with Crippen LogP contribution in [0.2, 0.25) is 5.02 Å². The van der Waals surface area contributed by atoms with Crippen molar-refractivity contribution in [2.75, 3.05) is 5.32 Å². The number of rotatable bonds is 1. The third-order valence-electron chi connectivity index (χ3n) is 3.25. The van der Waals surface area contributed by atoms with Crippen LogP contribution in [0.15, 0.2) is 46.9 Å². The average molecular weight is 352 g/mol. The molecule has 3 rings (SSSR count). The summed E-state index contributed by atoms with van der Waals surface area (Å²) in [6.45, 7) is 1.26. The largest absolute Gasteiger partial charge is 0.322 e. The van der Waals surface area contributed by atoms with Gasteiger partial charge in [-0.15, -0.1) is 0 Å². The fourth-order valence-corrected chi connectivity index (χ4v) is 2.87. The molecule has 0 saturated carbocycles. The van der Waals surface area contributed by atoms with Crippen molar-refractivity contribution in [3.8, 4) is 0 Å². The first-order valence-electron chi connectivity index (χ1n) is 6.20. The molecule has 0 fully saturated rings. The Bertz CT molecular complexity index is 675. The second kappa shape index (κ2) is 5.46. The Morgan fingerprint density at radius 1 is 1.15 bits per heavy atom. The molecule has 1 aliphatic heterocycles. The van der Waals surface area contributed by atoms with Crippen LogP contribution in [0, 0.1) is 0 Å². The summed E-state index contributed by atoms with van der Waals surface area (Å²) in [5.41, 5.74) is 3.08. The maximum atomic E-state index is 12.2. The number of benzene rings is 2. The molecule has 0 radical (unpaired) electrons. The molecule has 0 atom stereocenters. The highest BCUT2D eigenvalue weighted by molar-refractivity contribution is 9.10. The van der Waals surface area contributed by atoms with Gasteiger partial charge in [0.15, 0.2) is 0 Å². The molecular weight excluding hydrogens is 340 g/mol. The number of hydrogen-bond acceptors (Lipinski definition) is 1. The number of carbonyl (C=O) groups is 1. The van der Waals surface area contributed by atoms with Crippen LogP contribution in [-0.4, -0.2) is 10.9 Å². The summed E-state index contributed by atoms with van der Waals surface area (Å²) in [6.07, 6.45) is 0. The third-order valence-corrected chi connectivity index (χ3v) is 3.98. The van der Waals surface area contributed by atoms with Crippen molar-refractivity contribution in [3.05, 3.63) is 63.1 Å². The van der Waals surface area contributed by atoms with Crippen LogP contribution >= 0.6 is 27.5 Å². The molecule has 0 aliphatic carbocycles. The summed E-state index contributed by atoms with van der Waals surface area (Å²) < 4.78 is 1.04. The SMILES string of the molecule is O=C(Nc1cccc(Cl)c1)N1Cc2ccc(Br)cc2C1. The third kappa shape index (κ3) is 2.81. The molecule has 1 aliphatic rings. The van der Waals surface area contributed by atoms with E-state index in [1.54, 1.807) is 17.0 Å². The quantitative estimate of drug-likeness (QED) is 0.797. The van der Waals surface area contributed by atoms with Gasteiger partial charge < -0.3 is 10.2 Å². The van der Waals surface area contributed by atoms with Gasteiger partial charge in [0.2, 0.25) is 0 Å². The van der Waals surface area contributed by atoms with E-state index in [4.69, 9.17) is 11.6 Å². The fraction of sp³-hybridized carbons (Fsp3) is 0.133. The minimum absolute atomic E-state index is 0.111. The van der Waals surface area contributed by atoms with E-state index in [1.807, 2.05) is 24.3 Å².